The number of nitrogens with one attached hydrogen (secondary N) is 1. The Morgan fingerprint density at radius 1 is 1.20 bits per heavy atom. The quantitative estimate of drug-likeness (QED) is 0.802. The van der Waals surface area contributed by atoms with Crippen LogP contribution in [0, 0.1) is 13.8 Å². The molecule has 138 valence electrons. The molecule has 2 aromatic heterocycles. The van der Waals surface area contributed by atoms with Gasteiger partial charge in [0.15, 0.2) is 0 Å². The van der Waals surface area contributed by atoms with E-state index in [2.05, 4.69) is 21.0 Å². The zero-order valence-corrected chi connectivity index (χ0v) is 16.1. The van der Waals surface area contributed by atoms with Gasteiger partial charge in [-0.3, -0.25) is 5.43 Å². The minimum absolute atomic E-state index is 0.367. The standard InChI is InChI=1S/C16H27N7O2/c1-9-10(2)22-13(18-20-21-22)11(17)12(9)19-23(15(3,4)5)14(24)25-16(6,7)8/h19H,17H2,1-8H3. The Morgan fingerprint density at radius 2 is 1.80 bits per heavy atom. The summed E-state index contributed by atoms with van der Waals surface area (Å²) >= 11 is 0. The van der Waals surface area contributed by atoms with Crippen molar-refractivity contribution in [3.63, 3.8) is 0 Å². The van der Waals surface area contributed by atoms with Crippen LogP contribution in [-0.4, -0.2) is 42.3 Å². The SMILES string of the molecule is Cc1c(NN(C(=O)OC(C)(C)C)C(C)(C)C)c(N)c2nnnn2c1C. The molecule has 0 aliphatic rings. The van der Waals surface area contributed by atoms with Crippen molar-refractivity contribution in [2.75, 3.05) is 11.2 Å². The maximum Gasteiger partial charge on any atom is 0.429 e. The predicted molar refractivity (Wildman–Crippen MR) is 96.1 cm³/mol. The van der Waals surface area contributed by atoms with E-state index in [9.17, 15) is 4.79 Å². The van der Waals surface area contributed by atoms with Crippen LogP contribution in [-0.2, 0) is 4.74 Å². The number of nitrogens with zero attached hydrogens (tertiary/aromatic N) is 5. The second-order valence-corrected chi connectivity index (χ2v) is 8.01. The van der Waals surface area contributed by atoms with Crippen LogP contribution in [0.25, 0.3) is 5.65 Å². The molecule has 9 nitrogen and oxygen atoms in total. The van der Waals surface area contributed by atoms with E-state index in [4.69, 9.17) is 10.5 Å². The smallest absolute Gasteiger partial charge is 0.429 e. The highest BCUT2D eigenvalue weighted by molar-refractivity contribution is 5.84. The van der Waals surface area contributed by atoms with E-state index in [1.54, 1.807) is 4.52 Å². The van der Waals surface area contributed by atoms with Gasteiger partial charge in [-0.25, -0.2) is 9.80 Å². The Kier molecular flexibility index (Phi) is 4.54. The van der Waals surface area contributed by atoms with E-state index in [0.717, 1.165) is 11.3 Å². The van der Waals surface area contributed by atoms with E-state index >= 15 is 0 Å². The summed E-state index contributed by atoms with van der Waals surface area (Å²) in [6.45, 7) is 15.0. The van der Waals surface area contributed by atoms with Crippen LogP contribution in [0.15, 0.2) is 0 Å². The number of pyridine rings is 1. The zero-order chi connectivity index (χ0) is 19.2. The van der Waals surface area contributed by atoms with Crippen LogP contribution in [0.4, 0.5) is 16.2 Å². The molecular weight excluding hydrogens is 322 g/mol. The third-order valence-electron chi connectivity index (χ3n) is 3.69. The van der Waals surface area contributed by atoms with Crippen molar-refractivity contribution in [3.05, 3.63) is 11.3 Å². The second-order valence-electron chi connectivity index (χ2n) is 8.01. The molecule has 2 rings (SSSR count). The van der Waals surface area contributed by atoms with Gasteiger partial charge in [0.2, 0.25) is 5.65 Å². The normalized spacial score (nSPS) is 12.3. The minimum atomic E-state index is -0.611. The van der Waals surface area contributed by atoms with E-state index < -0.39 is 17.2 Å². The van der Waals surface area contributed by atoms with Gasteiger partial charge in [0.25, 0.3) is 0 Å². The van der Waals surface area contributed by atoms with Gasteiger partial charge in [-0.1, -0.05) is 0 Å². The molecule has 0 saturated heterocycles. The molecule has 1 amide bonds. The molecule has 0 spiro atoms. The van der Waals surface area contributed by atoms with Crippen LogP contribution in [0.2, 0.25) is 0 Å². The number of tetrazole rings is 1. The average Bonchev–Trinajstić information content (AvgIpc) is 2.91. The lowest BCUT2D eigenvalue weighted by Crippen LogP contribution is -2.51. The number of ether oxygens (including phenoxy) is 1. The fourth-order valence-corrected chi connectivity index (χ4v) is 2.29. The highest BCUT2D eigenvalue weighted by atomic mass is 16.6. The van der Waals surface area contributed by atoms with Gasteiger partial charge in [-0.2, -0.15) is 4.52 Å². The van der Waals surface area contributed by atoms with Gasteiger partial charge in [0.1, 0.15) is 11.3 Å². The molecule has 0 bridgehead atoms. The monoisotopic (exact) mass is 349 g/mol. The molecule has 0 atom stereocenters. The third kappa shape index (κ3) is 3.75. The molecule has 0 radical (unpaired) electrons. The summed E-state index contributed by atoms with van der Waals surface area (Å²) in [5.74, 6) is 0. The van der Waals surface area contributed by atoms with E-state index in [-0.39, 0.29) is 0 Å². The van der Waals surface area contributed by atoms with E-state index in [0.29, 0.717) is 17.0 Å². The van der Waals surface area contributed by atoms with Gasteiger partial charge in [-0.05, 0) is 71.4 Å². The Balaban J connectivity index is 2.50. The predicted octanol–water partition coefficient (Wildman–Crippen LogP) is 2.69. The van der Waals surface area contributed by atoms with Gasteiger partial charge in [0, 0.05) is 5.69 Å². The van der Waals surface area contributed by atoms with Gasteiger partial charge in [-0.15, -0.1) is 5.10 Å². The number of carbonyl (C=O) groups excluding carboxylic acids is 1. The number of nitrogens with two attached hydrogens (primary N) is 1. The summed E-state index contributed by atoms with van der Waals surface area (Å²) in [6.07, 6.45) is -0.490. The van der Waals surface area contributed by atoms with Crippen molar-refractivity contribution in [2.24, 2.45) is 0 Å². The Labute approximate surface area is 147 Å². The summed E-state index contributed by atoms with van der Waals surface area (Å²) < 4.78 is 7.09. The number of rotatable bonds is 2. The molecule has 2 aromatic rings. The average molecular weight is 349 g/mol. The minimum Gasteiger partial charge on any atom is -0.442 e. The number of hydrogen-bond acceptors (Lipinski definition) is 7. The lowest BCUT2D eigenvalue weighted by molar-refractivity contribution is 0.0136. The maximum absolute atomic E-state index is 12.7. The fourth-order valence-electron chi connectivity index (χ4n) is 2.29. The number of hydrogen-bond donors (Lipinski definition) is 2. The first-order valence-electron chi connectivity index (χ1n) is 8.09. The highest BCUT2D eigenvalue weighted by Crippen LogP contribution is 2.31. The van der Waals surface area contributed by atoms with E-state index in [1.807, 2.05) is 55.4 Å². The number of aromatic nitrogens is 4. The van der Waals surface area contributed by atoms with Gasteiger partial charge >= 0.3 is 6.09 Å². The number of fused-ring (bicyclic) bond motifs is 1. The summed E-state index contributed by atoms with van der Waals surface area (Å²) in [7, 11) is 0. The van der Waals surface area contributed by atoms with Crippen molar-refractivity contribution in [1.29, 1.82) is 0 Å². The van der Waals surface area contributed by atoms with Crippen molar-refractivity contribution >= 4 is 23.1 Å². The Hall–Kier alpha value is -2.58. The van der Waals surface area contributed by atoms with Crippen molar-refractivity contribution in [3.8, 4) is 0 Å². The van der Waals surface area contributed by atoms with Crippen molar-refractivity contribution in [1.82, 2.24) is 25.0 Å². The summed E-state index contributed by atoms with van der Waals surface area (Å²) in [5, 5.41) is 13.0. The number of anilines is 2. The van der Waals surface area contributed by atoms with Crippen molar-refractivity contribution < 1.29 is 9.53 Å². The molecule has 0 fully saturated rings. The molecule has 0 aromatic carbocycles. The number of hydrazine groups is 1. The second kappa shape index (κ2) is 6.05. The fraction of sp³-hybridized carbons (Fsp3) is 0.625. The number of nitrogen functional groups attached to an aromatic ring is 1. The summed E-state index contributed by atoms with van der Waals surface area (Å²) in [6, 6.07) is 0. The Bertz CT molecular complexity index is 799. The summed E-state index contributed by atoms with van der Waals surface area (Å²) in [5.41, 5.74) is 11.3. The topological polar surface area (TPSA) is 111 Å². The van der Waals surface area contributed by atoms with E-state index in [1.165, 1.54) is 5.01 Å². The number of amides is 1. The van der Waals surface area contributed by atoms with Crippen LogP contribution < -0.4 is 11.2 Å². The lowest BCUT2D eigenvalue weighted by atomic mass is 10.1. The first-order chi connectivity index (χ1) is 11.3. The lowest BCUT2D eigenvalue weighted by Gasteiger charge is -2.37. The third-order valence-corrected chi connectivity index (χ3v) is 3.69. The molecule has 3 N–H and O–H groups in total. The van der Waals surface area contributed by atoms with Crippen LogP contribution in [0.1, 0.15) is 52.8 Å². The number of carbonyl (C=O) groups is 1. The Morgan fingerprint density at radius 3 is 2.32 bits per heavy atom. The largest absolute Gasteiger partial charge is 0.442 e. The molecule has 2 heterocycles. The van der Waals surface area contributed by atoms with Crippen molar-refractivity contribution in [2.45, 2.75) is 66.5 Å². The number of aryl methyl sites for hydroxylation is 1. The molecular formula is C16H27N7O2. The van der Waals surface area contributed by atoms with Gasteiger partial charge < -0.3 is 10.5 Å². The molecule has 9 heteroatoms. The van der Waals surface area contributed by atoms with Gasteiger partial charge in [0.05, 0.1) is 11.2 Å². The van der Waals surface area contributed by atoms with Crippen LogP contribution in [0.5, 0.6) is 0 Å². The molecule has 0 unspecified atom stereocenters. The molecule has 25 heavy (non-hydrogen) atoms. The first kappa shape index (κ1) is 18.8. The molecule has 0 aliphatic carbocycles. The van der Waals surface area contributed by atoms with Crippen LogP contribution >= 0.6 is 0 Å². The molecule has 0 aliphatic heterocycles. The highest BCUT2D eigenvalue weighted by Gasteiger charge is 2.32. The maximum atomic E-state index is 12.7. The zero-order valence-electron chi connectivity index (χ0n) is 16.1. The first-order valence-corrected chi connectivity index (χ1v) is 8.09. The van der Waals surface area contributed by atoms with Crippen LogP contribution in [0.3, 0.4) is 0 Å². The molecule has 0 saturated carbocycles. The summed E-state index contributed by atoms with van der Waals surface area (Å²) in [4.78, 5) is 12.7.